The van der Waals surface area contributed by atoms with Crippen molar-refractivity contribution >= 4 is 11.8 Å². The minimum Gasteiger partial charge on any atom is -0.496 e. The molecule has 1 unspecified atom stereocenters. The number of hydrogen-bond acceptors (Lipinski definition) is 5. The number of methoxy groups -OCH3 is 1. The molecule has 0 aliphatic heterocycles. The molecule has 0 saturated heterocycles. The molecule has 0 aliphatic rings. The van der Waals surface area contributed by atoms with Gasteiger partial charge in [0.25, 0.3) is 5.91 Å². The summed E-state index contributed by atoms with van der Waals surface area (Å²) in [7, 11) is 1.61. The molecule has 0 radical (unpaired) electrons. The Balaban J connectivity index is 2.05. The number of ether oxygens (including phenoxy) is 1. The minimum atomic E-state index is -0.680. The monoisotopic (exact) mass is 359 g/mol. The second-order valence-electron chi connectivity index (χ2n) is 6.44. The Bertz CT molecular complexity index is 769. The van der Waals surface area contributed by atoms with Crippen LogP contribution in [0.15, 0.2) is 29.0 Å². The molecule has 2 aromatic rings. The Morgan fingerprint density at radius 1 is 1.31 bits per heavy atom. The van der Waals surface area contributed by atoms with Gasteiger partial charge in [-0.15, -0.1) is 0 Å². The zero-order chi connectivity index (χ0) is 19.3. The number of furan rings is 1. The van der Waals surface area contributed by atoms with E-state index in [0.717, 1.165) is 22.6 Å². The lowest BCUT2D eigenvalue weighted by Crippen LogP contribution is -2.49. The van der Waals surface area contributed by atoms with Gasteiger partial charge in [0.05, 0.1) is 25.6 Å². The summed E-state index contributed by atoms with van der Waals surface area (Å²) in [6.45, 7) is 7.80. The second kappa shape index (κ2) is 8.51. The van der Waals surface area contributed by atoms with Crippen LogP contribution in [-0.2, 0) is 11.3 Å². The maximum atomic E-state index is 12.6. The van der Waals surface area contributed by atoms with Crippen molar-refractivity contribution in [3.8, 4) is 5.75 Å². The normalized spacial score (nSPS) is 11.9. The molecule has 2 heterocycles. The number of pyridine rings is 1. The maximum absolute atomic E-state index is 12.6. The highest BCUT2D eigenvalue weighted by Crippen LogP contribution is 2.23. The molecule has 2 N–H and O–H groups in total. The highest BCUT2D eigenvalue weighted by Gasteiger charge is 2.25. The summed E-state index contributed by atoms with van der Waals surface area (Å²) < 4.78 is 10.5. The molecule has 1 atom stereocenters. The second-order valence-corrected chi connectivity index (χ2v) is 6.44. The molecule has 0 saturated carbocycles. The lowest BCUT2D eigenvalue weighted by Gasteiger charge is -2.21. The lowest BCUT2D eigenvalue weighted by molar-refractivity contribution is -0.124. The molecular weight excluding hydrogens is 334 g/mol. The predicted molar refractivity (Wildman–Crippen MR) is 96.9 cm³/mol. The van der Waals surface area contributed by atoms with Crippen molar-refractivity contribution in [3.63, 3.8) is 0 Å². The van der Waals surface area contributed by atoms with Crippen LogP contribution in [0.2, 0.25) is 0 Å². The first-order valence-electron chi connectivity index (χ1n) is 8.46. The van der Waals surface area contributed by atoms with E-state index in [1.165, 1.54) is 6.26 Å². The molecule has 26 heavy (non-hydrogen) atoms. The number of amides is 2. The van der Waals surface area contributed by atoms with Gasteiger partial charge in [-0.3, -0.25) is 14.6 Å². The molecule has 0 fully saturated rings. The predicted octanol–water partition coefficient (Wildman–Crippen LogP) is 2.37. The Hall–Kier alpha value is -2.83. The van der Waals surface area contributed by atoms with E-state index in [1.807, 2.05) is 27.7 Å². The topological polar surface area (TPSA) is 93.5 Å². The van der Waals surface area contributed by atoms with Gasteiger partial charge in [-0.25, -0.2) is 0 Å². The van der Waals surface area contributed by atoms with Gasteiger partial charge >= 0.3 is 0 Å². The number of carbonyl (C=O) groups is 2. The van der Waals surface area contributed by atoms with Crippen LogP contribution in [0.4, 0.5) is 0 Å². The SMILES string of the molecule is COc1c(C)cnc(CNC(=O)C(NC(=O)c2ccco2)C(C)C)c1C. The van der Waals surface area contributed by atoms with Crippen LogP contribution in [0.25, 0.3) is 0 Å². The van der Waals surface area contributed by atoms with Gasteiger partial charge in [-0.2, -0.15) is 0 Å². The molecule has 0 aliphatic carbocycles. The number of nitrogens with zero attached hydrogens (tertiary/aromatic N) is 1. The lowest BCUT2D eigenvalue weighted by atomic mass is 10.0. The summed E-state index contributed by atoms with van der Waals surface area (Å²) in [5, 5.41) is 5.55. The first-order chi connectivity index (χ1) is 12.3. The summed E-state index contributed by atoms with van der Waals surface area (Å²) in [6.07, 6.45) is 3.13. The smallest absolute Gasteiger partial charge is 0.287 e. The third-order valence-corrected chi connectivity index (χ3v) is 4.16. The van der Waals surface area contributed by atoms with Gasteiger partial charge in [-0.05, 0) is 31.9 Å². The average Bonchev–Trinajstić information content (AvgIpc) is 3.13. The Labute approximate surface area is 153 Å². The van der Waals surface area contributed by atoms with Crippen molar-refractivity contribution in [3.05, 3.63) is 47.2 Å². The molecule has 140 valence electrons. The van der Waals surface area contributed by atoms with Crippen molar-refractivity contribution in [2.24, 2.45) is 5.92 Å². The minimum absolute atomic E-state index is 0.0875. The van der Waals surface area contributed by atoms with Gasteiger partial charge in [0.15, 0.2) is 5.76 Å². The van der Waals surface area contributed by atoms with E-state index in [1.54, 1.807) is 25.4 Å². The van der Waals surface area contributed by atoms with Gasteiger partial charge in [-0.1, -0.05) is 13.8 Å². The van der Waals surface area contributed by atoms with Crippen LogP contribution in [0, 0.1) is 19.8 Å². The van der Waals surface area contributed by atoms with E-state index in [2.05, 4.69) is 15.6 Å². The number of carbonyl (C=O) groups excluding carboxylic acids is 2. The first kappa shape index (κ1) is 19.5. The molecule has 0 spiro atoms. The summed E-state index contributed by atoms with van der Waals surface area (Å²) in [5.74, 6) is 0.145. The number of aromatic nitrogens is 1. The third-order valence-electron chi connectivity index (χ3n) is 4.16. The summed E-state index contributed by atoms with van der Waals surface area (Å²) in [5.41, 5.74) is 2.54. The molecule has 0 aromatic carbocycles. The molecule has 7 nitrogen and oxygen atoms in total. The van der Waals surface area contributed by atoms with E-state index >= 15 is 0 Å². The van der Waals surface area contributed by atoms with Crippen LogP contribution in [0.5, 0.6) is 5.75 Å². The highest BCUT2D eigenvalue weighted by atomic mass is 16.5. The van der Waals surface area contributed by atoms with Gasteiger partial charge in [0.2, 0.25) is 5.91 Å². The Morgan fingerprint density at radius 2 is 2.04 bits per heavy atom. The fourth-order valence-corrected chi connectivity index (χ4v) is 2.69. The first-order valence-corrected chi connectivity index (χ1v) is 8.46. The van der Waals surface area contributed by atoms with E-state index in [9.17, 15) is 9.59 Å². The zero-order valence-corrected chi connectivity index (χ0v) is 15.8. The molecule has 2 rings (SSSR count). The summed E-state index contributed by atoms with van der Waals surface area (Å²) in [4.78, 5) is 29.1. The van der Waals surface area contributed by atoms with Crippen molar-refractivity contribution < 1.29 is 18.7 Å². The third kappa shape index (κ3) is 4.41. The molecule has 7 heteroatoms. The van der Waals surface area contributed by atoms with E-state index in [0.29, 0.717) is 0 Å². The zero-order valence-electron chi connectivity index (χ0n) is 15.8. The van der Waals surface area contributed by atoms with Crippen LogP contribution in [-0.4, -0.2) is 29.9 Å². The molecule has 2 aromatic heterocycles. The quantitative estimate of drug-likeness (QED) is 0.792. The van der Waals surface area contributed by atoms with Crippen molar-refractivity contribution in [2.45, 2.75) is 40.3 Å². The van der Waals surface area contributed by atoms with Crippen LogP contribution < -0.4 is 15.4 Å². The largest absolute Gasteiger partial charge is 0.496 e. The fourth-order valence-electron chi connectivity index (χ4n) is 2.69. The standard InChI is InChI=1S/C19H25N3O4/c1-11(2)16(22-18(23)15-7-6-8-26-15)19(24)21-10-14-13(4)17(25-5)12(3)9-20-14/h6-9,11,16H,10H2,1-5H3,(H,21,24)(H,22,23). The van der Waals surface area contributed by atoms with E-state index < -0.39 is 11.9 Å². The van der Waals surface area contributed by atoms with Gasteiger partial charge < -0.3 is 19.8 Å². The van der Waals surface area contributed by atoms with Crippen molar-refractivity contribution in [2.75, 3.05) is 7.11 Å². The molecule has 0 bridgehead atoms. The summed E-state index contributed by atoms with van der Waals surface area (Å²) >= 11 is 0. The highest BCUT2D eigenvalue weighted by molar-refractivity contribution is 5.95. The Kier molecular flexibility index (Phi) is 6.38. The summed E-state index contributed by atoms with van der Waals surface area (Å²) in [6, 6.07) is 2.50. The van der Waals surface area contributed by atoms with Crippen LogP contribution in [0.1, 0.15) is 41.2 Å². The fraction of sp³-hybridized carbons (Fsp3) is 0.421. The van der Waals surface area contributed by atoms with E-state index in [4.69, 9.17) is 9.15 Å². The van der Waals surface area contributed by atoms with Gasteiger partial charge in [0, 0.05) is 17.3 Å². The Morgan fingerprint density at radius 3 is 2.62 bits per heavy atom. The number of aryl methyl sites for hydroxylation is 1. The number of hydrogen-bond donors (Lipinski definition) is 2. The van der Waals surface area contributed by atoms with Crippen molar-refractivity contribution in [1.82, 2.24) is 15.6 Å². The van der Waals surface area contributed by atoms with Crippen LogP contribution in [0.3, 0.4) is 0 Å². The van der Waals surface area contributed by atoms with Crippen LogP contribution >= 0.6 is 0 Å². The van der Waals surface area contributed by atoms with E-state index in [-0.39, 0.29) is 24.1 Å². The number of nitrogens with one attached hydrogen (secondary N) is 2. The molecule has 2 amide bonds. The average molecular weight is 359 g/mol. The maximum Gasteiger partial charge on any atom is 0.287 e. The molecular formula is C19H25N3O4. The van der Waals surface area contributed by atoms with Crippen molar-refractivity contribution in [1.29, 1.82) is 0 Å². The number of rotatable bonds is 7. The van der Waals surface area contributed by atoms with Gasteiger partial charge in [0.1, 0.15) is 11.8 Å².